The van der Waals surface area contributed by atoms with E-state index in [2.05, 4.69) is 0 Å². The number of benzene rings is 1. The normalized spacial score (nSPS) is 10.7. The molecule has 0 amide bonds. The Morgan fingerprint density at radius 1 is 1.21 bits per heavy atom. The summed E-state index contributed by atoms with van der Waals surface area (Å²) in [5.74, 6) is 0.104. The Balaban J connectivity index is 3.22. The molecule has 1 rings (SSSR count). The van der Waals surface area contributed by atoms with Crippen molar-refractivity contribution in [3.8, 4) is 0 Å². The van der Waals surface area contributed by atoms with Gasteiger partial charge in [0.1, 0.15) is 0 Å². The lowest BCUT2D eigenvalue weighted by Gasteiger charge is -2.09. The maximum atomic E-state index is 11.7. The monoisotopic (exact) mass is 210 g/mol. The first-order chi connectivity index (χ1) is 6.43. The summed E-state index contributed by atoms with van der Waals surface area (Å²) in [6.45, 7) is 7.75. The zero-order valence-electron chi connectivity index (χ0n) is 9.02. The van der Waals surface area contributed by atoms with E-state index in [-0.39, 0.29) is 11.7 Å². The fourth-order valence-corrected chi connectivity index (χ4v) is 1.59. The molecule has 2 heteroatoms. The molecule has 0 aliphatic rings. The van der Waals surface area contributed by atoms with Crippen molar-refractivity contribution in [1.29, 1.82) is 0 Å². The number of ketones is 1. The summed E-state index contributed by atoms with van der Waals surface area (Å²) >= 11 is 6.02. The van der Waals surface area contributed by atoms with E-state index >= 15 is 0 Å². The van der Waals surface area contributed by atoms with Crippen molar-refractivity contribution in [1.82, 2.24) is 0 Å². The minimum absolute atomic E-state index is 0.00499. The molecular weight excluding hydrogens is 196 g/mol. The van der Waals surface area contributed by atoms with Crippen molar-refractivity contribution in [2.24, 2.45) is 5.92 Å². The predicted molar refractivity (Wildman–Crippen MR) is 60.1 cm³/mol. The van der Waals surface area contributed by atoms with Crippen LogP contribution < -0.4 is 0 Å². The fourth-order valence-electron chi connectivity index (χ4n) is 1.28. The molecule has 0 atom stereocenters. The van der Waals surface area contributed by atoms with Crippen molar-refractivity contribution in [3.05, 3.63) is 33.8 Å². The van der Waals surface area contributed by atoms with Gasteiger partial charge in [-0.1, -0.05) is 25.4 Å². The van der Waals surface area contributed by atoms with Crippen LogP contribution in [0.3, 0.4) is 0 Å². The quantitative estimate of drug-likeness (QED) is 0.679. The highest BCUT2D eigenvalue weighted by Crippen LogP contribution is 2.23. The number of carbonyl (C=O) groups is 1. The van der Waals surface area contributed by atoms with Crippen LogP contribution in [0, 0.1) is 19.8 Å². The number of halogens is 1. The number of hydrogen-bond donors (Lipinski definition) is 0. The maximum Gasteiger partial charge on any atom is 0.166 e. The van der Waals surface area contributed by atoms with Crippen LogP contribution in [-0.4, -0.2) is 5.78 Å². The van der Waals surface area contributed by atoms with Crippen LogP contribution >= 0.6 is 11.6 Å². The first-order valence-electron chi connectivity index (χ1n) is 4.74. The molecule has 0 saturated heterocycles. The third-order valence-electron chi connectivity index (χ3n) is 2.37. The van der Waals surface area contributed by atoms with Crippen molar-refractivity contribution in [2.45, 2.75) is 27.7 Å². The molecule has 0 aliphatic carbocycles. The Bertz CT molecular complexity index is 367. The molecule has 0 aliphatic heterocycles. The van der Waals surface area contributed by atoms with E-state index in [0.29, 0.717) is 10.6 Å². The van der Waals surface area contributed by atoms with E-state index in [1.807, 2.05) is 39.8 Å². The van der Waals surface area contributed by atoms with Gasteiger partial charge < -0.3 is 0 Å². The number of Topliss-reactive ketones (excluding diaryl/α,β-unsaturated/α-hetero) is 1. The molecule has 0 fully saturated rings. The molecule has 14 heavy (non-hydrogen) atoms. The SMILES string of the molecule is Cc1cc(Cl)c(C(=O)C(C)C)cc1C. The zero-order valence-corrected chi connectivity index (χ0v) is 9.77. The lowest BCUT2D eigenvalue weighted by molar-refractivity contribution is 0.0939. The van der Waals surface area contributed by atoms with E-state index in [0.717, 1.165) is 11.1 Å². The van der Waals surface area contributed by atoms with Crippen LogP contribution in [0.15, 0.2) is 12.1 Å². The first-order valence-corrected chi connectivity index (χ1v) is 5.12. The third kappa shape index (κ3) is 2.16. The van der Waals surface area contributed by atoms with Gasteiger partial charge in [-0.2, -0.15) is 0 Å². The molecule has 1 aromatic rings. The third-order valence-corrected chi connectivity index (χ3v) is 2.69. The molecule has 0 heterocycles. The van der Waals surface area contributed by atoms with Gasteiger partial charge in [-0.15, -0.1) is 0 Å². The van der Waals surface area contributed by atoms with E-state index in [4.69, 9.17) is 11.6 Å². The van der Waals surface area contributed by atoms with Gasteiger partial charge >= 0.3 is 0 Å². The van der Waals surface area contributed by atoms with Crippen molar-refractivity contribution < 1.29 is 4.79 Å². The molecule has 0 aromatic heterocycles. The number of aryl methyl sites for hydroxylation is 2. The Kier molecular flexibility index (Phi) is 3.33. The summed E-state index contributed by atoms with van der Waals surface area (Å²) < 4.78 is 0. The predicted octanol–water partition coefficient (Wildman–Crippen LogP) is 3.80. The molecule has 0 radical (unpaired) electrons. The van der Waals surface area contributed by atoms with Crippen LogP contribution in [0.4, 0.5) is 0 Å². The minimum Gasteiger partial charge on any atom is -0.294 e. The number of hydrogen-bond acceptors (Lipinski definition) is 1. The van der Waals surface area contributed by atoms with Crippen molar-refractivity contribution in [2.75, 3.05) is 0 Å². The zero-order chi connectivity index (χ0) is 10.9. The van der Waals surface area contributed by atoms with Gasteiger partial charge in [0.2, 0.25) is 0 Å². The van der Waals surface area contributed by atoms with E-state index < -0.39 is 0 Å². The Hall–Kier alpha value is -0.820. The standard InChI is InChI=1S/C12H15ClO/c1-7(2)12(14)10-5-8(3)9(4)6-11(10)13/h5-7H,1-4H3. The van der Waals surface area contributed by atoms with Gasteiger partial charge in [0.05, 0.1) is 5.02 Å². The molecule has 0 unspecified atom stereocenters. The first kappa shape index (κ1) is 11.3. The van der Waals surface area contributed by atoms with E-state index in [1.54, 1.807) is 0 Å². The summed E-state index contributed by atoms with van der Waals surface area (Å²) in [6.07, 6.45) is 0. The van der Waals surface area contributed by atoms with Crippen LogP contribution in [0.2, 0.25) is 5.02 Å². The summed E-state index contributed by atoms with van der Waals surface area (Å²) in [4.78, 5) is 11.7. The fraction of sp³-hybridized carbons (Fsp3) is 0.417. The molecule has 1 aromatic carbocycles. The Morgan fingerprint density at radius 2 is 1.71 bits per heavy atom. The summed E-state index contributed by atoms with van der Waals surface area (Å²) in [6, 6.07) is 3.73. The average Bonchev–Trinajstić information content (AvgIpc) is 2.10. The lowest BCUT2D eigenvalue weighted by Crippen LogP contribution is -2.08. The minimum atomic E-state index is -0.00499. The van der Waals surface area contributed by atoms with Crippen LogP contribution in [0.25, 0.3) is 0 Å². The smallest absolute Gasteiger partial charge is 0.166 e. The molecule has 0 N–H and O–H groups in total. The maximum absolute atomic E-state index is 11.7. The van der Waals surface area contributed by atoms with Gasteiger partial charge in [0.25, 0.3) is 0 Å². The molecule has 0 bridgehead atoms. The van der Waals surface area contributed by atoms with Crippen LogP contribution in [0.5, 0.6) is 0 Å². The van der Waals surface area contributed by atoms with Crippen molar-refractivity contribution in [3.63, 3.8) is 0 Å². The highest BCUT2D eigenvalue weighted by Gasteiger charge is 2.14. The number of rotatable bonds is 2. The second-order valence-electron chi connectivity index (χ2n) is 3.94. The summed E-state index contributed by atoms with van der Waals surface area (Å²) in [5.41, 5.74) is 2.87. The molecule has 0 saturated carbocycles. The molecule has 76 valence electrons. The lowest BCUT2D eigenvalue weighted by atomic mass is 9.97. The Labute approximate surface area is 90.1 Å². The van der Waals surface area contributed by atoms with Crippen molar-refractivity contribution >= 4 is 17.4 Å². The summed E-state index contributed by atoms with van der Waals surface area (Å²) in [5, 5.41) is 0.562. The average molecular weight is 211 g/mol. The largest absolute Gasteiger partial charge is 0.294 e. The second kappa shape index (κ2) is 4.14. The number of carbonyl (C=O) groups excluding carboxylic acids is 1. The van der Waals surface area contributed by atoms with E-state index in [9.17, 15) is 4.79 Å². The van der Waals surface area contributed by atoms with Crippen LogP contribution in [0.1, 0.15) is 35.3 Å². The van der Waals surface area contributed by atoms with Gasteiger partial charge in [-0.05, 0) is 37.1 Å². The summed E-state index contributed by atoms with van der Waals surface area (Å²) in [7, 11) is 0. The highest BCUT2D eigenvalue weighted by atomic mass is 35.5. The highest BCUT2D eigenvalue weighted by molar-refractivity contribution is 6.34. The Morgan fingerprint density at radius 3 is 2.21 bits per heavy atom. The topological polar surface area (TPSA) is 17.1 Å². The second-order valence-corrected chi connectivity index (χ2v) is 4.34. The van der Waals surface area contributed by atoms with Crippen LogP contribution in [-0.2, 0) is 0 Å². The van der Waals surface area contributed by atoms with Gasteiger partial charge in [-0.25, -0.2) is 0 Å². The van der Waals surface area contributed by atoms with Gasteiger partial charge in [0, 0.05) is 11.5 Å². The molecule has 0 spiro atoms. The van der Waals surface area contributed by atoms with E-state index in [1.165, 1.54) is 0 Å². The molecular formula is C12H15ClO. The molecule has 1 nitrogen and oxygen atoms in total. The van der Waals surface area contributed by atoms with Gasteiger partial charge in [0.15, 0.2) is 5.78 Å². The van der Waals surface area contributed by atoms with Gasteiger partial charge in [-0.3, -0.25) is 4.79 Å².